The van der Waals surface area contributed by atoms with Crippen LogP contribution in [0.4, 0.5) is 5.69 Å². The summed E-state index contributed by atoms with van der Waals surface area (Å²) in [4.78, 5) is 14.0. The number of carbonyl (C=O) groups is 1. The van der Waals surface area contributed by atoms with Crippen molar-refractivity contribution in [1.29, 1.82) is 0 Å². The summed E-state index contributed by atoms with van der Waals surface area (Å²) < 4.78 is 5.35. The minimum absolute atomic E-state index is 0.0879. The molecule has 0 spiro atoms. The van der Waals surface area contributed by atoms with E-state index >= 15 is 0 Å². The smallest absolute Gasteiger partial charge is 0.244 e. The van der Waals surface area contributed by atoms with Gasteiger partial charge >= 0.3 is 0 Å². The van der Waals surface area contributed by atoms with Crippen LogP contribution in [0.25, 0.3) is 0 Å². The quantitative estimate of drug-likeness (QED) is 0.592. The fourth-order valence-electron chi connectivity index (χ4n) is 1.87. The van der Waals surface area contributed by atoms with E-state index in [0.29, 0.717) is 19.8 Å². The second-order valence-electron chi connectivity index (χ2n) is 4.59. The first kappa shape index (κ1) is 16.0. The van der Waals surface area contributed by atoms with E-state index in [2.05, 4.69) is 0 Å². The highest BCUT2D eigenvalue weighted by Crippen LogP contribution is 2.23. The highest BCUT2D eigenvalue weighted by atomic mass is 35.5. The van der Waals surface area contributed by atoms with Gasteiger partial charge in [0.25, 0.3) is 0 Å². The Labute approximate surface area is 120 Å². The number of aryl methyl sites for hydroxylation is 2. The molecule has 0 saturated heterocycles. The van der Waals surface area contributed by atoms with Gasteiger partial charge in [0, 0.05) is 18.8 Å². The van der Waals surface area contributed by atoms with Gasteiger partial charge in [0.15, 0.2) is 0 Å². The highest BCUT2D eigenvalue weighted by Gasteiger charge is 2.21. The fraction of sp³-hybridized carbons (Fsp3) is 0.533. The molecule has 1 amide bonds. The number of benzene rings is 1. The number of ether oxygens (including phenoxy) is 1. The number of rotatable bonds is 6. The summed E-state index contributed by atoms with van der Waals surface area (Å²) in [5.41, 5.74) is 3.10. The summed E-state index contributed by atoms with van der Waals surface area (Å²) in [7, 11) is 0. The molecule has 1 aromatic rings. The molecule has 0 radical (unpaired) electrons. The van der Waals surface area contributed by atoms with Crippen LogP contribution in [0.3, 0.4) is 0 Å². The van der Waals surface area contributed by atoms with Crippen LogP contribution in [0.15, 0.2) is 18.2 Å². The Morgan fingerprint density at radius 2 is 2.11 bits per heavy atom. The molecule has 1 atom stereocenters. The Hall–Kier alpha value is -1.06. The molecule has 106 valence electrons. The maximum absolute atomic E-state index is 12.2. The third-order valence-electron chi connectivity index (χ3n) is 2.93. The maximum atomic E-state index is 12.2. The van der Waals surface area contributed by atoms with Gasteiger partial charge in [-0.1, -0.05) is 12.1 Å². The largest absolute Gasteiger partial charge is 0.380 e. The summed E-state index contributed by atoms with van der Waals surface area (Å²) in [6, 6.07) is 6.07. The molecule has 1 rings (SSSR count). The zero-order valence-corrected chi connectivity index (χ0v) is 12.8. The minimum Gasteiger partial charge on any atom is -0.380 e. The third-order valence-corrected chi connectivity index (χ3v) is 3.11. The lowest BCUT2D eigenvalue weighted by Crippen LogP contribution is -2.38. The molecule has 4 heteroatoms. The molecule has 0 N–H and O–H groups in total. The third kappa shape index (κ3) is 4.51. The summed E-state index contributed by atoms with van der Waals surface area (Å²) in [6.45, 7) is 9.32. The van der Waals surface area contributed by atoms with Crippen molar-refractivity contribution in [3.05, 3.63) is 29.3 Å². The van der Waals surface area contributed by atoms with Crippen molar-refractivity contribution in [2.75, 3.05) is 24.7 Å². The van der Waals surface area contributed by atoms with Crippen molar-refractivity contribution in [1.82, 2.24) is 0 Å². The van der Waals surface area contributed by atoms with E-state index in [-0.39, 0.29) is 5.91 Å². The van der Waals surface area contributed by atoms with Crippen molar-refractivity contribution < 1.29 is 9.53 Å². The van der Waals surface area contributed by atoms with E-state index in [1.807, 2.05) is 39.0 Å². The monoisotopic (exact) mass is 283 g/mol. The molecule has 0 aliphatic carbocycles. The number of carbonyl (C=O) groups excluding carboxylic acids is 1. The van der Waals surface area contributed by atoms with Crippen LogP contribution in [-0.4, -0.2) is 31.0 Å². The lowest BCUT2D eigenvalue weighted by Gasteiger charge is -2.26. The van der Waals surface area contributed by atoms with Crippen LogP contribution >= 0.6 is 11.6 Å². The molecule has 1 aromatic carbocycles. The zero-order chi connectivity index (χ0) is 14.4. The van der Waals surface area contributed by atoms with Crippen LogP contribution in [0.5, 0.6) is 0 Å². The van der Waals surface area contributed by atoms with Gasteiger partial charge in [-0.15, -0.1) is 11.6 Å². The predicted octanol–water partition coefficient (Wildman–Crippen LogP) is 3.30. The van der Waals surface area contributed by atoms with E-state index in [4.69, 9.17) is 16.3 Å². The standard InChI is InChI=1S/C15H22ClNO2/c1-5-19-9-8-17(15(18)13(4)16)14-10-11(2)6-7-12(14)3/h6-7,10,13H,5,8-9H2,1-4H3. The maximum Gasteiger partial charge on any atom is 0.244 e. The molecule has 1 unspecified atom stereocenters. The Morgan fingerprint density at radius 3 is 2.68 bits per heavy atom. The SMILES string of the molecule is CCOCCN(C(=O)C(C)Cl)c1cc(C)ccc1C. The van der Waals surface area contributed by atoms with Crippen LogP contribution < -0.4 is 4.90 Å². The molecular weight excluding hydrogens is 262 g/mol. The van der Waals surface area contributed by atoms with E-state index in [1.165, 1.54) is 0 Å². The Kier molecular flexibility index (Phi) is 6.32. The summed E-state index contributed by atoms with van der Waals surface area (Å²) in [5, 5.41) is -0.540. The van der Waals surface area contributed by atoms with Crippen LogP contribution in [0.2, 0.25) is 0 Å². The average Bonchev–Trinajstić information content (AvgIpc) is 2.37. The lowest BCUT2D eigenvalue weighted by molar-refractivity contribution is -0.118. The fourth-order valence-corrected chi connectivity index (χ4v) is 1.99. The molecule has 3 nitrogen and oxygen atoms in total. The molecule has 19 heavy (non-hydrogen) atoms. The molecule has 0 fully saturated rings. The van der Waals surface area contributed by atoms with Crippen molar-refractivity contribution in [2.45, 2.75) is 33.1 Å². The highest BCUT2D eigenvalue weighted by molar-refractivity contribution is 6.32. The Balaban J connectivity index is 3.00. The number of hydrogen-bond donors (Lipinski definition) is 0. The van der Waals surface area contributed by atoms with Gasteiger partial charge in [0.2, 0.25) is 5.91 Å². The molecular formula is C15H22ClNO2. The molecule has 0 saturated carbocycles. The average molecular weight is 284 g/mol. The molecule has 0 aromatic heterocycles. The molecule has 0 heterocycles. The summed E-state index contributed by atoms with van der Waals surface area (Å²) >= 11 is 5.95. The first-order chi connectivity index (χ1) is 8.97. The van der Waals surface area contributed by atoms with Crippen molar-refractivity contribution in [3.8, 4) is 0 Å². The van der Waals surface area contributed by atoms with Crippen LogP contribution in [0, 0.1) is 13.8 Å². The number of nitrogens with zero attached hydrogens (tertiary/aromatic N) is 1. The van der Waals surface area contributed by atoms with E-state index in [0.717, 1.165) is 16.8 Å². The lowest BCUT2D eigenvalue weighted by atomic mass is 10.1. The first-order valence-corrected chi connectivity index (χ1v) is 7.01. The molecule has 0 aliphatic heterocycles. The van der Waals surface area contributed by atoms with Crippen molar-refractivity contribution in [3.63, 3.8) is 0 Å². The van der Waals surface area contributed by atoms with Gasteiger partial charge in [-0.25, -0.2) is 0 Å². The van der Waals surface area contributed by atoms with Gasteiger partial charge in [0.05, 0.1) is 6.61 Å². The number of halogens is 1. The Bertz CT molecular complexity index is 432. The second kappa shape index (κ2) is 7.51. The van der Waals surface area contributed by atoms with Gasteiger partial charge < -0.3 is 9.64 Å². The van der Waals surface area contributed by atoms with Crippen LogP contribution in [0.1, 0.15) is 25.0 Å². The Morgan fingerprint density at radius 1 is 1.42 bits per heavy atom. The van der Waals surface area contributed by atoms with Gasteiger partial charge in [-0.05, 0) is 44.9 Å². The van der Waals surface area contributed by atoms with Gasteiger partial charge in [0.1, 0.15) is 5.38 Å². The van der Waals surface area contributed by atoms with Gasteiger partial charge in [-0.2, -0.15) is 0 Å². The topological polar surface area (TPSA) is 29.5 Å². The number of amides is 1. The van der Waals surface area contributed by atoms with Crippen molar-refractivity contribution in [2.24, 2.45) is 0 Å². The van der Waals surface area contributed by atoms with E-state index in [9.17, 15) is 4.79 Å². The summed E-state index contributed by atoms with van der Waals surface area (Å²) in [5.74, 6) is -0.0879. The molecule has 0 aliphatic rings. The van der Waals surface area contributed by atoms with Gasteiger partial charge in [-0.3, -0.25) is 4.79 Å². The predicted molar refractivity (Wildman–Crippen MR) is 80.1 cm³/mol. The summed E-state index contributed by atoms with van der Waals surface area (Å²) in [6.07, 6.45) is 0. The second-order valence-corrected chi connectivity index (χ2v) is 5.25. The zero-order valence-electron chi connectivity index (χ0n) is 12.1. The normalized spacial score (nSPS) is 12.3. The van der Waals surface area contributed by atoms with Crippen LogP contribution in [-0.2, 0) is 9.53 Å². The number of anilines is 1. The number of hydrogen-bond acceptors (Lipinski definition) is 2. The molecule has 0 bridgehead atoms. The number of alkyl halides is 1. The van der Waals surface area contributed by atoms with Crippen molar-refractivity contribution >= 4 is 23.2 Å². The first-order valence-electron chi connectivity index (χ1n) is 6.57. The minimum atomic E-state index is -0.540. The van der Waals surface area contributed by atoms with E-state index in [1.54, 1.807) is 11.8 Å². The van der Waals surface area contributed by atoms with E-state index < -0.39 is 5.38 Å².